The summed E-state index contributed by atoms with van der Waals surface area (Å²) in [7, 11) is 2.01. The van der Waals surface area contributed by atoms with E-state index in [0.29, 0.717) is 18.6 Å². The average molecular weight is 211 g/mol. The lowest BCUT2D eigenvalue weighted by atomic mass is 9.82. The van der Waals surface area contributed by atoms with Crippen LogP contribution in [-0.2, 0) is 9.59 Å². The molecule has 0 N–H and O–H groups in total. The minimum absolute atomic E-state index is 0.0219. The maximum atomic E-state index is 11.8. The summed E-state index contributed by atoms with van der Waals surface area (Å²) in [6, 6.07) is 0.0219. The average Bonchev–Trinajstić information content (AvgIpc) is 2.17. The minimum atomic E-state index is 0.0219. The number of piperidine rings is 1. The molecule has 1 saturated heterocycles. The Labute approximate surface area is 91.8 Å². The van der Waals surface area contributed by atoms with Crippen LogP contribution >= 0.6 is 0 Å². The van der Waals surface area contributed by atoms with Gasteiger partial charge >= 0.3 is 0 Å². The summed E-state index contributed by atoms with van der Waals surface area (Å²) >= 11 is 0. The molecule has 1 aliphatic rings. The maximum absolute atomic E-state index is 11.8. The van der Waals surface area contributed by atoms with E-state index in [2.05, 4.69) is 18.7 Å². The molecule has 86 valence electrons. The van der Waals surface area contributed by atoms with E-state index in [-0.39, 0.29) is 17.9 Å². The molecule has 1 rings (SSSR count). The summed E-state index contributed by atoms with van der Waals surface area (Å²) in [5.41, 5.74) is 0. The molecule has 1 aliphatic heterocycles. The van der Waals surface area contributed by atoms with Crippen LogP contribution in [0, 0.1) is 11.8 Å². The van der Waals surface area contributed by atoms with Crippen LogP contribution in [0.25, 0.3) is 0 Å². The first-order valence-electron chi connectivity index (χ1n) is 5.74. The van der Waals surface area contributed by atoms with Gasteiger partial charge in [0.15, 0.2) is 0 Å². The molecule has 0 aromatic heterocycles. The molecule has 3 nitrogen and oxygen atoms in total. The molecule has 0 aliphatic carbocycles. The fourth-order valence-electron chi connectivity index (χ4n) is 2.41. The zero-order chi connectivity index (χ0) is 11.4. The SMILES string of the molecule is CC([C@H](C)CC=O)[C@H]1C(=O)CCCN1C. The van der Waals surface area contributed by atoms with Gasteiger partial charge < -0.3 is 4.79 Å². The minimum Gasteiger partial charge on any atom is -0.303 e. The van der Waals surface area contributed by atoms with Gasteiger partial charge in [-0.3, -0.25) is 9.69 Å². The summed E-state index contributed by atoms with van der Waals surface area (Å²) in [5, 5.41) is 0. The summed E-state index contributed by atoms with van der Waals surface area (Å²) < 4.78 is 0. The Hall–Kier alpha value is -0.700. The monoisotopic (exact) mass is 211 g/mol. The quantitative estimate of drug-likeness (QED) is 0.661. The Morgan fingerprint density at radius 1 is 1.53 bits per heavy atom. The van der Waals surface area contributed by atoms with Crippen molar-refractivity contribution in [3.63, 3.8) is 0 Å². The first-order valence-corrected chi connectivity index (χ1v) is 5.74. The van der Waals surface area contributed by atoms with E-state index in [9.17, 15) is 9.59 Å². The standard InChI is InChI=1S/C12H21NO2/c1-9(6-8-14)10(2)12-11(15)5-4-7-13(12)3/h8-10,12H,4-7H2,1-3H3/t9-,10?,12+/m1/s1. The third-order valence-electron chi connectivity index (χ3n) is 3.60. The lowest BCUT2D eigenvalue weighted by Gasteiger charge is -2.37. The van der Waals surface area contributed by atoms with Crippen molar-refractivity contribution in [2.24, 2.45) is 11.8 Å². The zero-order valence-corrected chi connectivity index (χ0v) is 9.90. The fraction of sp³-hybridized carbons (Fsp3) is 0.833. The van der Waals surface area contributed by atoms with Gasteiger partial charge in [-0.05, 0) is 31.8 Å². The van der Waals surface area contributed by atoms with Crippen LogP contribution in [0.15, 0.2) is 0 Å². The summed E-state index contributed by atoms with van der Waals surface area (Å²) in [5.74, 6) is 0.902. The van der Waals surface area contributed by atoms with Crippen LogP contribution in [0.5, 0.6) is 0 Å². The fourth-order valence-corrected chi connectivity index (χ4v) is 2.41. The summed E-state index contributed by atoms with van der Waals surface area (Å²) in [6.45, 7) is 5.13. The van der Waals surface area contributed by atoms with E-state index in [1.54, 1.807) is 0 Å². The van der Waals surface area contributed by atoms with Crippen LogP contribution < -0.4 is 0 Å². The van der Waals surface area contributed by atoms with E-state index in [1.807, 2.05) is 7.05 Å². The van der Waals surface area contributed by atoms with Gasteiger partial charge in [0.2, 0.25) is 0 Å². The molecule has 3 heteroatoms. The second kappa shape index (κ2) is 5.40. The number of ketones is 1. The van der Waals surface area contributed by atoms with E-state index in [0.717, 1.165) is 19.3 Å². The smallest absolute Gasteiger partial charge is 0.150 e. The van der Waals surface area contributed by atoms with Crippen molar-refractivity contribution in [3.05, 3.63) is 0 Å². The molecule has 15 heavy (non-hydrogen) atoms. The second-order valence-electron chi connectivity index (χ2n) is 4.73. The molecule has 0 aromatic rings. The molecule has 3 atom stereocenters. The van der Waals surface area contributed by atoms with Crippen LogP contribution in [0.2, 0.25) is 0 Å². The number of likely N-dealkylation sites (tertiary alicyclic amines) is 1. The van der Waals surface area contributed by atoms with Crippen LogP contribution in [-0.4, -0.2) is 36.6 Å². The molecule has 0 saturated carbocycles. The number of hydrogen-bond donors (Lipinski definition) is 0. The highest BCUT2D eigenvalue weighted by Gasteiger charge is 2.33. The molecule has 1 unspecified atom stereocenters. The Morgan fingerprint density at radius 2 is 2.20 bits per heavy atom. The van der Waals surface area contributed by atoms with Crippen molar-refractivity contribution in [1.82, 2.24) is 4.90 Å². The normalized spacial score (nSPS) is 27.4. The van der Waals surface area contributed by atoms with E-state index < -0.39 is 0 Å². The van der Waals surface area contributed by atoms with Gasteiger partial charge in [-0.1, -0.05) is 13.8 Å². The summed E-state index contributed by atoms with van der Waals surface area (Å²) in [6.07, 6.45) is 3.18. The van der Waals surface area contributed by atoms with Gasteiger partial charge in [-0.15, -0.1) is 0 Å². The molecular weight excluding hydrogens is 190 g/mol. The molecule has 0 amide bonds. The largest absolute Gasteiger partial charge is 0.303 e. The Kier molecular flexibility index (Phi) is 4.45. The topological polar surface area (TPSA) is 37.4 Å². The molecule has 0 bridgehead atoms. The third kappa shape index (κ3) is 2.88. The van der Waals surface area contributed by atoms with Gasteiger partial charge in [0.25, 0.3) is 0 Å². The number of likely N-dealkylation sites (N-methyl/N-ethyl adjacent to an activating group) is 1. The van der Waals surface area contributed by atoms with Gasteiger partial charge in [0, 0.05) is 12.8 Å². The lowest BCUT2D eigenvalue weighted by Crippen LogP contribution is -2.48. The van der Waals surface area contributed by atoms with Gasteiger partial charge in [-0.2, -0.15) is 0 Å². The zero-order valence-electron chi connectivity index (χ0n) is 9.90. The first kappa shape index (κ1) is 12.4. The molecule has 0 aromatic carbocycles. The van der Waals surface area contributed by atoms with Crippen molar-refractivity contribution in [2.45, 2.75) is 39.2 Å². The highest BCUT2D eigenvalue weighted by Crippen LogP contribution is 2.25. The molecular formula is C12H21NO2. The molecule has 0 radical (unpaired) electrons. The Balaban J connectivity index is 2.66. The molecule has 0 spiro atoms. The Morgan fingerprint density at radius 3 is 2.73 bits per heavy atom. The highest BCUT2D eigenvalue weighted by molar-refractivity contribution is 5.85. The number of nitrogens with zero attached hydrogens (tertiary/aromatic N) is 1. The van der Waals surface area contributed by atoms with Crippen LogP contribution in [0.1, 0.15) is 33.1 Å². The van der Waals surface area contributed by atoms with Crippen molar-refractivity contribution < 1.29 is 9.59 Å². The number of hydrogen-bond acceptors (Lipinski definition) is 3. The number of carbonyl (C=O) groups excluding carboxylic acids is 2. The number of rotatable bonds is 4. The maximum Gasteiger partial charge on any atom is 0.150 e. The predicted molar refractivity (Wildman–Crippen MR) is 59.7 cm³/mol. The van der Waals surface area contributed by atoms with Crippen molar-refractivity contribution in [1.29, 1.82) is 0 Å². The third-order valence-corrected chi connectivity index (χ3v) is 3.60. The van der Waals surface area contributed by atoms with Crippen molar-refractivity contribution in [2.75, 3.05) is 13.6 Å². The predicted octanol–water partition coefficient (Wildman–Crippen LogP) is 1.51. The number of aldehydes is 1. The van der Waals surface area contributed by atoms with Crippen molar-refractivity contribution in [3.8, 4) is 0 Å². The molecule has 1 heterocycles. The van der Waals surface area contributed by atoms with Gasteiger partial charge in [0.1, 0.15) is 12.1 Å². The van der Waals surface area contributed by atoms with E-state index in [4.69, 9.17) is 0 Å². The lowest BCUT2D eigenvalue weighted by molar-refractivity contribution is -0.129. The van der Waals surface area contributed by atoms with Gasteiger partial charge in [-0.25, -0.2) is 0 Å². The van der Waals surface area contributed by atoms with Crippen LogP contribution in [0.4, 0.5) is 0 Å². The summed E-state index contributed by atoms with van der Waals surface area (Å²) in [4.78, 5) is 24.4. The van der Waals surface area contributed by atoms with Crippen LogP contribution in [0.3, 0.4) is 0 Å². The first-order chi connectivity index (χ1) is 7.07. The van der Waals surface area contributed by atoms with E-state index >= 15 is 0 Å². The van der Waals surface area contributed by atoms with Crippen molar-refractivity contribution >= 4 is 12.1 Å². The number of carbonyl (C=O) groups is 2. The number of Topliss-reactive ketones (excluding diaryl/α,β-unsaturated/α-hetero) is 1. The highest BCUT2D eigenvalue weighted by atomic mass is 16.1. The van der Waals surface area contributed by atoms with E-state index in [1.165, 1.54) is 0 Å². The van der Waals surface area contributed by atoms with Gasteiger partial charge in [0.05, 0.1) is 6.04 Å². The Bertz CT molecular complexity index is 240. The second-order valence-corrected chi connectivity index (χ2v) is 4.73. The molecule has 1 fully saturated rings.